The number of anilines is 1. The summed E-state index contributed by atoms with van der Waals surface area (Å²) in [5, 5.41) is 2.87. The number of carbonyl (C=O) groups is 1. The fraction of sp³-hybridized carbons (Fsp3) is 0.176. The van der Waals surface area contributed by atoms with Gasteiger partial charge in [-0.1, -0.05) is 23.9 Å². The first kappa shape index (κ1) is 17.9. The average Bonchev–Trinajstić information content (AvgIpc) is 2.96. The van der Waals surface area contributed by atoms with Crippen LogP contribution < -0.4 is 5.32 Å². The van der Waals surface area contributed by atoms with E-state index in [9.17, 15) is 13.2 Å². The first-order valence-electron chi connectivity index (χ1n) is 7.38. The number of nitrogens with zero attached hydrogens (tertiary/aromatic N) is 1. The van der Waals surface area contributed by atoms with Gasteiger partial charge in [0.2, 0.25) is 5.91 Å². The van der Waals surface area contributed by atoms with E-state index in [2.05, 4.69) is 10.3 Å². The number of amides is 1. The molecule has 0 spiro atoms. The quantitative estimate of drug-likeness (QED) is 0.672. The van der Waals surface area contributed by atoms with Crippen LogP contribution >= 0.6 is 23.1 Å². The second-order valence-electron chi connectivity index (χ2n) is 5.51. The van der Waals surface area contributed by atoms with Crippen molar-refractivity contribution in [3.63, 3.8) is 0 Å². The molecule has 0 bridgehead atoms. The maximum Gasteiger partial charge on any atom is 0.228 e. The molecule has 1 N–H and O–H groups in total. The van der Waals surface area contributed by atoms with Gasteiger partial charge in [-0.05, 0) is 42.2 Å². The zero-order valence-electron chi connectivity index (χ0n) is 13.6. The lowest BCUT2D eigenvalue weighted by Gasteiger charge is -2.06. The monoisotopic (exact) mass is 392 g/mol. The molecule has 5 nitrogen and oxygen atoms in total. The Hall–Kier alpha value is -1.90. The molecule has 3 aromatic rings. The Morgan fingerprint density at radius 2 is 1.92 bits per heavy atom. The molecular weight excluding hydrogens is 376 g/mol. The highest BCUT2D eigenvalue weighted by molar-refractivity contribution is 8.00. The molecule has 0 aliphatic carbocycles. The third-order valence-corrected chi connectivity index (χ3v) is 6.68. The van der Waals surface area contributed by atoms with Crippen LogP contribution in [0.25, 0.3) is 10.2 Å². The molecule has 8 heteroatoms. The van der Waals surface area contributed by atoms with E-state index < -0.39 is 9.84 Å². The Morgan fingerprint density at radius 3 is 2.56 bits per heavy atom. The van der Waals surface area contributed by atoms with Gasteiger partial charge in [0, 0.05) is 11.9 Å². The number of nitrogens with one attached hydrogen (secondary N) is 1. The van der Waals surface area contributed by atoms with E-state index in [1.165, 1.54) is 12.1 Å². The highest BCUT2D eigenvalue weighted by Crippen LogP contribution is 2.30. The van der Waals surface area contributed by atoms with Crippen LogP contribution in [0.4, 0.5) is 5.69 Å². The minimum absolute atomic E-state index is 0.152. The lowest BCUT2D eigenvalue weighted by Crippen LogP contribution is -2.14. The average molecular weight is 393 g/mol. The van der Waals surface area contributed by atoms with Crippen LogP contribution in [-0.4, -0.2) is 31.8 Å². The van der Waals surface area contributed by atoms with Crippen molar-refractivity contribution in [1.29, 1.82) is 0 Å². The molecular formula is C17H16N2O3S3. The molecule has 0 saturated carbocycles. The lowest BCUT2D eigenvalue weighted by atomic mass is 10.1. The maximum absolute atomic E-state index is 12.2. The number of sulfone groups is 1. The summed E-state index contributed by atoms with van der Waals surface area (Å²) in [7, 11) is -3.22. The second-order valence-corrected chi connectivity index (χ2v) is 9.61. The Bertz CT molecular complexity index is 1020. The van der Waals surface area contributed by atoms with Crippen LogP contribution in [0.5, 0.6) is 0 Å². The van der Waals surface area contributed by atoms with Crippen molar-refractivity contribution in [2.45, 2.75) is 15.7 Å². The van der Waals surface area contributed by atoms with Crippen molar-refractivity contribution < 1.29 is 13.2 Å². The lowest BCUT2D eigenvalue weighted by molar-refractivity contribution is -0.115. The highest BCUT2D eigenvalue weighted by atomic mass is 32.2. The van der Waals surface area contributed by atoms with Crippen LogP contribution in [0, 0.1) is 0 Å². The van der Waals surface area contributed by atoms with Gasteiger partial charge in [-0.2, -0.15) is 0 Å². The second kappa shape index (κ2) is 7.15. The number of thiazole rings is 1. The molecule has 0 atom stereocenters. The number of thioether (sulfide) groups is 1. The van der Waals surface area contributed by atoms with Crippen molar-refractivity contribution >= 4 is 54.7 Å². The minimum atomic E-state index is -3.22. The molecule has 130 valence electrons. The zero-order valence-corrected chi connectivity index (χ0v) is 16.1. The van der Waals surface area contributed by atoms with E-state index in [1.807, 2.05) is 24.5 Å². The summed E-state index contributed by atoms with van der Waals surface area (Å²) >= 11 is 3.19. The summed E-state index contributed by atoms with van der Waals surface area (Å²) in [6.45, 7) is 0. The smallest absolute Gasteiger partial charge is 0.228 e. The summed E-state index contributed by atoms with van der Waals surface area (Å²) in [5.74, 6) is -0.152. The van der Waals surface area contributed by atoms with E-state index in [-0.39, 0.29) is 17.2 Å². The highest BCUT2D eigenvalue weighted by Gasteiger charge is 2.09. The molecule has 0 saturated heterocycles. The van der Waals surface area contributed by atoms with Crippen molar-refractivity contribution in [2.24, 2.45) is 0 Å². The van der Waals surface area contributed by atoms with E-state index in [0.29, 0.717) is 0 Å². The summed E-state index contributed by atoms with van der Waals surface area (Å²) in [4.78, 5) is 16.9. The van der Waals surface area contributed by atoms with E-state index in [4.69, 9.17) is 0 Å². The van der Waals surface area contributed by atoms with E-state index >= 15 is 0 Å². The summed E-state index contributed by atoms with van der Waals surface area (Å²) in [6, 6.07) is 12.0. The number of aromatic nitrogens is 1. The van der Waals surface area contributed by atoms with Gasteiger partial charge < -0.3 is 5.32 Å². The van der Waals surface area contributed by atoms with Gasteiger partial charge in [-0.15, -0.1) is 11.3 Å². The van der Waals surface area contributed by atoms with Crippen LogP contribution in [0.1, 0.15) is 5.56 Å². The number of rotatable bonds is 5. The normalized spacial score (nSPS) is 11.6. The number of hydrogen-bond acceptors (Lipinski definition) is 6. The zero-order chi connectivity index (χ0) is 18.0. The Labute approximate surface area is 154 Å². The standard InChI is InChI=1S/C17H16N2O3S3/c1-23-17-19-14-8-5-12(10-15(14)24-17)18-16(20)9-11-3-6-13(7-4-11)25(2,21)22/h3-8,10H,9H2,1-2H3,(H,18,20). The van der Waals surface area contributed by atoms with Crippen molar-refractivity contribution in [1.82, 2.24) is 4.98 Å². The Morgan fingerprint density at radius 1 is 1.20 bits per heavy atom. The van der Waals surface area contributed by atoms with E-state index in [0.717, 1.165) is 32.1 Å². The van der Waals surface area contributed by atoms with Crippen molar-refractivity contribution in [3.8, 4) is 0 Å². The van der Waals surface area contributed by atoms with Gasteiger partial charge in [-0.25, -0.2) is 13.4 Å². The molecule has 0 aliphatic rings. The minimum Gasteiger partial charge on any atom is -0.326 e. The van der Waals surface area contributed by atoms with Crippen LogP contribution in [0.2, 0.25) is 0 Å². The first-order valence-corrected chi connectivity index (χ1v) is 11.3. The number of hydrogen-bond donors (Lipinski definition) is 1. The Kier molecular flexibility index (Phi) is 5.12. The van der Waals surface area contributed by atoms with Crippen LogP contribution in [-0.2, 0) is 21.1 Å². The number of fused-ring (bicyclic) bond motifs is 1. The third-order valence-electron chi connectivity index (χ3n) is 3.54. The number of carbonyl (C=O) groups excluding carboxylic acids is 1. The molecule has 0 radical (unpaired) electrons. The molecule has 0 aliphatic heterocycles. The topological polar surface area (TPSA) is 76.1 Å². The summed E-state index contributed by atoms with van der Waals surface area (Å²) < 4.78 is 24.9. The van der Waals surface area contributed by atoms with Gasteiger partial charge in [0.15, 0.2) is 14.2 Å². The molecule has 1 amide bonds. The summed E-state index contributed by atoms with van der Waals surface area (Å²) in [6.07, 6.45) is 3.32. The largest absolute Gasteiger partial charge is 0.326 e. The predicted octanol–water partition coefficient (Wildman–Crippen LogP) is 3.60. The first-order chi connectivity index (χ1) is 11.8. The van der Waals surface area contributed by atoms with Crippen LogP contribution in [0.3, 0.4) is 0 Å². The van der Waals surface area contributed by atoms with Crippen molar-refractivity contribution in [2.75, 3.05) is 17.8 Å². The van der Waals surface area contributed by atoms with Gasteiger partial charge in [0.1, 0.15) is 0 Å². The molecule has 0 unspecified atom stereocenters. The molecule has 25 heavy (non-hydrogen) atoms. The fourth-order valence-corrected chi connectivity index (χ4v) is 4.47. The van der Waals surface area contributed by atoms with Crippen molar-refractivity contribution in [3.05, 3.63) is 48.0 Å². The predicted molar refractivity (Wildman–Crippen MR) is 103 cm³/mol. The molecule has 0 fully saturated rings. The van der Waals surface area contributed by atoms with Gasteiger partial charge in [0.05, 0.1) is 21.5 Å². The molecule has 3 rings (SSSR count). The number of benzene rings is 2. The maximum atomic E-state index is 12.2. The summed E-state index contributed by atoms with van der Waals surface area (Å²) in [5.41, 5.74) is 2.40. The Balaban J connectivity index is 1.69. The third kappa shape index (κ3) is 4.39. The fourth-order valence-electron chi connectivity index (χ4n) is 2.31. The van der Waals surface area contributed by atoms with Gasteiger partial charge in [-0.3, -0.25) is 4.79 Å². The van der Waals surface area contributed by atoms with Gasteiger partial charge >= 0.3 is 0 Å². The molecule has 1 aromatic heterocycles. The van der Waals surface area contributed by atoms with E-state index in [1.54, 1.807) is 35.2 Å². The van der Waals surface area contributed by atoms with Gasteiger partial charge in [0.25, 0.3) is 0 Å². The SMILES string of the molecule is CSc1nc2ccc(NC(=O)Cc3ccc(S(C)(=O)=O)cc3)cc2s1. The molecule has 2 aromatic carbocycles. The molecule has 1 heterocycles. The van der Waals surface area contributed by atoms with Crippen LogP contribution in [0.15, 0.2) is 51.7 Å².